The highest BCUT2D eigenvalue weighted by Crippen LogP contribution is 2.51. The molecule has 1 N–H and O–H groups in total. The van der Waals surface area contributed by atoms with Crippen LogP contribution in [0.25, 0.3) is 0 Å². The molecule has 0 saturated heterocycles. The zero-order chi connectivity index (χ0) is 17.6. The lowest BCUT2D eigenvalue weighted by Crippen LogP contribution is -2.34. The second-order valence-electron chi connectivity index (χ2n) is 7.08. The van der Waals surface area contributed by atoms with Gasteiger partial charge in [-0.05, 0) is 48.4 Å². The molecule has 0 radical (unpaired) electrons. The molecule has 1 saturated carbocycles. The van der Waals surface area contributed by atoms with Crippen LogP contribution in [0.1, 0.15) is 48.2 Å². The number of benzene rings is 1. The minimum Gasteiger partial charge on any atom is -0.375 e. The fourth-order valence-corrected chi connectivity index (χ4v) is 5.90. The van der Waals surface area contributed by atoms with Crippen molar-refractivity contribution in [1.29, 1.82) is 0 Å². The van der Waals surface area contributed by atoms with Gasteiger partial charge in [0.1, 0.15) is 5.01 Å². The summed E-state index contributed by atoms with van der Waals surface area (Å²) in [7, 11) is -0.253. The van der Waals surface area contributed by atoms with Crippen LogP contribution in [-0.4, -0.2) is 31.8 Å². The number of anilines is 1. The van der Waals surface area contributed by atoms with Crippen LogP contribution in [0.2, 0.25) is 0 Å². The first-order chi connectivity index (χ1) is 12.0. The molecule has 3 unspecified atom stereocenters. The molecule has 1 aliphatic heterocycles. The lowest BCUT2D eigenvalue weighted by molar-refractivity contribution is 0.265. The molecule has 7 heteroatoms. The van der Waals surface area contributed by atoms with Gasteiger partial charge in [-0.2, -0.15) is 0 Å². The van der Waals surface area contributed by atoms with Gasteiger partial charge in [0.25, 0.3) is 0 Å². The Morgan fingerprint density at radius 1 is 1.24 bits per heavy atom. The van der Waals surface area contributed by atoms with E-state index >= 15 is 0 Å². The van der Waals surface area contributed by atoms with E-state index in [9.17, 15) is 8.42 Å². The fourth-order valence-electron chi connectivity index (χ4n) is 4.20. The number of thiazole rings is 1. The average molecular weight is 378 g/mol. The second-order valence-corrected chi connectivity index (χ2v) is 10.2. The number of rotatable bonds is 3. The number of hydrogen-bond acceptors (Lipinski definition) is 5. The van der Waals surface area contributed by atoms with Gasteiger partial charge in [0.05, 0.1) is 10.9 Å². The van der Waals surface area contributed by atoms with Crippen molar-refractivity contribution in [2.75, 3.05) is 19.4 Å². The minimum atomic E-state index is -3.41. The Morgan fingerprint density at radius 3 is 2.76 bits per heavy atom. The summed E-state index contributed by atoms with van der Waals surface area (Å²) < 4.78 is 26.3. The number of fused-ring (bicyclic) bond motifs is 3. The van der Waals surface area contributed by atoms with Gasteiger partial charge in [-0.15, -0.1) is 11.3 Å². The molecule has 0 spiro atoms. The predicted molar refractivity (Wildman–Crippen MR) is 100 cm³/mol. The Labute approximate surface area is 153 Å². The maximum atomic E-state index is 12.5. The van der Waals surface area contributed by atoms with Crippen LogP contribution in [0, 0.1) is 5.92 Å². The van der Waals surface area contributed by atoms with E-state index in [4.69, 9.17) is 0 Å². The van der Waals surface area contributed by atoms with Crippen LogP contribution in [0.5, 0.6) is 0 Å². The molecule has 25 heavy (non-hydrogen) atoms. The van der Waals surface area contributed by atoms with E-state index in [1.807, 2.05) is 23.7 Å². The van der Waals surface area contributed by atoms with Gasteiger partial charge >= 0.3 is 0 Å². The highest BCUT2D eigenvalue weighted by atomic mass is 32.2. The van der Waals surface area contributed by atoms with E-state index in [0.717, 1.165) is 29.1 Å². The molecule has 3 atom stereocenters. The first kappa shape index (κ1) is 17.0. The van der Waals surface area contributed by atoms with Crippen molar-refractivity contribution in [2.24, 2.45) is 5.92 Å². The maximum Gasteiger partial charge on any atom is 0.242 e. The van der Waals surface area contributed by atoms with E-state index in [2.05, 4.69) is 10.3 Å². The minimum absolute atomic E-state index is 0.231. The molecule has 1 fully saturated rings. The quantitative estimate of drug-likeness (QED) is 0.883. The molecule has 0 amide bonds. The number of sulfonamides is 1. The van der Waals surface area contributed by atoms with Crippen LogP contribution < -0.4 is 5.32 Å². The van der Waals surface area contributed by atoms with Gasteiger partial charge in [-0.25, -0.2) is 17.7 Å². The van der Waals surface area contributed by atoms with Gasteiger partial charge in [-0.3, -0.25) is 0 Å². The zero-order valence-electron chi connectivity index (χ0n) is 14.5. The summed E-state index contributed by atoms with van der Waals surface area (Å²) in [5.41, 5.74) is 2.21. The summed E-state index contributed by atoms with van der Waals surface area (Å²) in [6, 6.07) is 5.76. The third kappa shape index (κ3) is 2.88. The number of nitrogens with zero attached hydrogens (tertiary/aromatic N) is 2. The molecule has 1 aliphatic carbocycles. The van der Waals surface area contributed by atoms with Crippen molar-refractivity contribution in [3.63, 3.8) is 0 Å². The SMILES string of the molecule is CN(C)S(=O)(=O)c1ccc2c(c1)C1CCCCC1C(c1nccs1)N2. The molecule has 2 aromatic rings. The van der Waals surface area contributed by atoms with Crippen molar-refractivity contribution in [3.8, 4) is 0 Å². The summed E-state index contributed by atoms with van der Waals surface area (Å²) in [5.74, 6) is 0.876. The third-order valence-corrected chi connectivity index (χ3v) is 8.15. The number of nitrogens with one attached hydrogen (secondary N) is 1. The van der Waals surface area contributed by atoms with Crippen molar-refractivity contribution in [2.45, 2.75) is 42.5 Å². The van der Waals surface area contributed by atoms with Gasteiger partial charge in [-0.1, -0.05) is 12.8 Å². The van der Waals surface area contributed by atoms with Crippen LogP contribution in [-0.2, 0) is 10.0 Å². The Kier molecular flexibility index (Phi) is 4.33. The largest absolute Gasteiger partial charge is 0.375 e. The van der Waals surface area contributed by atoms with Crippen LogP contribution in [0.4, 0.5) is 5.69 Å². The summed E-state index contributed by atoms with van der Waals surface area (Å²) in [6.07, 6.45) is 6.58. The fraction of sp³-hybridized carbons (Fsp3) is 0.500. The van der Waals surface area contributed by atoms with Crippen LogP contribution >= 0.6 is 11.3 Å². The molecular formula is C18H23N3O2S2. The monoisotopic (exact) mass is 377 g/mol. The maximum absolute atomic E-state index is 12.5. The second kappa shape index (κ2) is 6.37. The Bertz CT molecular complexity index is 862. The Hall–Kier alpha value is -1.44. The molecule has 1 aromatic heterocycles. The molecule has 0 bridgehead atoms. The number of aromatic nitrogens is 1. The molecular weight excluding hydrogens is 354 g/mol. The molecule has 5 nitrogen and oxygen atoms in total. The Balaban J connectivity index is 1.79. The standard InChI is InChI=1S/C18H23N3O2S2/c1-21(2)25(22,23)12-7-8-16-15(11-12)13-5-3-4-6-14(13)17(20-16)18-19-9-10-24-18/h7-11,13-14,17,20H,3-6H2,1-2H3. The van der Waals surface area contributed by atoms with Crippen molar-refractivity contribution < 1.29 is 8.42 Å². The normalized spacial score (nSPS) is 26.0. The summed E-state index contributed by atoms with van der Waals surface area (Å²) >= 11 is 1.70. The number of hydrogen-bond donors (Lipinski definition) is 1. The lowest BCUT2D eigenvalue weighted by atomic mass is 9.69. The molecule has 1 aromatic carbocycles. The van der Waals surface area contributed by atoms with E-state index in [-0.39, 0.29) is 6.04 Å². The van der Waals surface area contributed by atoms with Gasteiger partial charge in [0.15, 0.2) is 0 Å². The molecule has 2 heterocycles. The third-order valence-electron chi connectivity index (χ3n) is 5.48. The first-order valence-electron chi connectivity index (χ1n) is 8.71. The van der Waals surface area contributed by atoms with Crippen LogP contribution in [0.3, 0.4) is 0 Å². The smallest absolute Gasteiger partial charge is 0.242 e. The van der Waals surface area contributed by atoms with Crippen molar-refractivity contribution >= 4 is 27.0 Å². The van der Waals surface area contributed by atoms with Crippen molar-refractivity contribution in [3.05, 3.63) is 40.3 Å². The summed E-state index contributed by atoms with van der Waals surface area (Å²) in [5, 5.41) is 6.80. The van der Waals surface area contributed by atoms with Gasteiger partial charge in [0, 0.05) is 31.4 Å². The van der Waals surface area contributed by atoms with Gasteiger partial charge in [0.2, 0.25) is 10.0 Å². The molecule has 134 valence electrons. The van der Waals surface area contributed by atoms with E-state index < -0.39 is 10.0 Å². The van der Waals surface area contributed by atoms with E-state index in [0.29, 0.717) is 16.7 Å². The van der Waals surface area contributed by atoms with E-state index in [1.54, 1.807) is 31.5 Å². The first-order valence-corrected chi connectivity index (χ1v) is 11.0. The zero-order valence-corrected chi connectivity index (χ0v) is 16.1. The van der Waals surface area contributed by atoms with Crippen molar-refractivity contribution in [1.82, 2.24) is 9.29 Å². The summed E-state index contributed by atoms with van der Waals surface area (Å²) in [4.78, 5) is 4.92. The average Bonchev–Trinajstić information content (AvgIpc) is 3.15. The van der Waals surface area contributed by atoms with Gasteiger partial charge < -0.3 is 5.32 Å². The predicted octanol–water partition coefficient (Wildman–Crippen LogP) is 3.83. The summed E-state index contributed by atoms with van der Waals surface area (Å²) in [6.45, 7) is 0. The topological polar surface area (TPSA) is 62.3 Å². The highest BCUT2D eigenvalue weighted by molar-refractivity contribution is 7.89. The van der Waals surface area contributed by atoms with E-state index in [1.165, 1.54) is 17.1 Å². The molecule has 2 aliphatic rings. The van der Waals surface area contributed by atoms with Crippen LogP contribution in [0.15, 0.2) is 34.7 Å². The Morgan fingerprint density at radius 2 is 2.04 bits per heavy atom. The lowest BCUT2D eigenvalue weighted by Gasteiger charge is -2.43. The highest BCUT2D eigenvalue weighted by Gasteiger charge is 2.40. The molecule has 4 rings (SSSR count).